The van der Waals surface area contributed by atoms with Gasteiger partial charge in [-0.05, 0) is 62.3 Å². The number of nitrogens with zero attached hydrogens (tertiary/aromatic N) is 8. The van der Waals surface area contributed by atoms with Crippen LogP contribution >= 0.6 is 0 Å². The van der Waals surface area contributed by atoms with Crippen molar-refractivity contribution in [1.82, 2.24) is 39.3 Å². The van der Waals surface area contributed by atoms with E-state index in [2.05, 4.69) is 68.6 Å². The zero-order chi connectivity index (χ0) is 24.4. The molecule has 4 aromatic heterocycles. The molecule has 5 rings (SSSR count). The molecule has 4 aromatic rings. The van der Waals surface area contributed by atoms with Gasteiger partial charge in [-0.25, -0.2) is 0 Å². The van der Waals surface area contributed by atoms with Crippen LogP contribution in [0.5, 0.6) is 0 Å². The summed E-state index contributed by atoms with van der Waals surface area (Å²) in [5.74, 6) is 0. The predicted octanol–water partition coefficient (Wildman–Crippen LogP) is 4.15. The van der Waals surface area contributed by atoms with Gasteiger partial charge in [0, 0.05) is 51.0 Å². The highest BCUT2D eigenvalue weighted by Crippen LogP contribution is 2.13. The van der Waals surface area contributed by atoms with E-state index in [0.717, 1.165) is 75.1 Å². The molecule has 0 saturated carbocycles. The fraction of sp³-hybridized carbons (Fsp3) is 0.429. The lowest BCUT2D eigenvalue weighted by Gasteiger charge is -2.22. The molecule has 0 unspecified atom stereocenters. The second-order valence-corrected chi connectivity index (χ2v) is 9.62. The fourth-order valence-corrected chi connectivity index (χ4v) is 4.78. The maximum atomic E-state index is 4.85. The number of hydrogen-bond acceptors (Lipinski definition) is 6. The molecule has 0 N–H and O–H groups in total. The van der Waals surface area contributed by atoms with Crippen molar-refractivity contribution in [1.29, 1.82) is 0 Å². The molecule has 1 aliphatic heterocycles. The molecule has 5 heterocycles. The largest absolute Gasteiger partial charge is 0.292 e. The zero-order valence-corrected chi connectivity index (χ0v) is 21.0. The van der Waals surface area contributed by atoms with Crippen molar-refractivity contribution < 1.29 is 0 Å². The van der Waals surface area contributed by atoms with E-state index >= 15 is 0 Å². The molecule has 8 heteroatoms. The van der Waals surface area contributed by atoms with Gasteiger partial charge in [-0.3, -0.25) is 29.1 Å². The van der Waals surface area contributed by atoms with Crippen LogP contribution in [0.4, 0.5) is 0 Å². The smallest absolute Gasteiger partial charge is 0.0764 e. The van der Waals surface area contributed by atoms with Crippen LogP contribution in [-0.2, 0) is 39.3 Å². The first kappa shape index (κ1) is 24.3. The number of aromatic nitrogens is 6. The Morgan fingerprint density at radius 3 is 1.50 bits per heavy atom. The minimum atomic E-state index is 0.805. The highest BCUT2D eigenvalue weighted by atomic mass is 15.3. The van der Waals surface area contributed by atoms with Gasteiger partial charge in [0.1, 0.15) is 0 Å². The minimum Gasteiger partial charge on any atom is -0.292 e. The van der Waals surface area contributed by atoms with Crippen LogP contribution in [0.25, 0.3) is 0 Å². The standard InChI is InChI=1S/C28H36N8/c1-2-8-16-34(22-26-10-4-6-14-30-26)24-28-12-18-36(32-28)20-19-35-17-11-27(31-35)23-33(15-7-1)21-25-9-3-5-13-29-25/h3-6,9-14,17-18H,1-2,7-8,15-16,19-24H2. The number of aryl methyl sites for hydroxylation is 2. The molecule has 0 fully saturated rings. The van der Waals surface area contributed by atoms with E-state index in [4.69, 9.17) is 10.2 Å². The Morgan fingerprint density at radius 1 is 0.556 bits per heavy atom. The van der Waals surface area contributed by atoms with E-state index in [1.54, 1.807) is 0 Å². The first-order valence-corrected chi connectivity index (χ1v) is 13.1. The van der Waals surface area contributed by atoms with E-state index in [1.807, 2.05) is 33.9 Å². The molecule has 0 amide bonds. The lowest BCUT2D eigenvalue weighted by atomic mass is 10.1. The van der Waals surface area contributed by atoms with Gasteiger partial charge in [-0.1, -0.05) is 25.0 Å². The van der Waals surface area contributed by atoms with Crippen LogP contribution in [0.2, 0.25) is 0 Å². The molecule has 36 heavy (non-hydrogen) atoms. The zero-order valence-electron chi connectivity index (χ0n) is 21.0. The van der Waals surface area contributed by atoms with Crippen molar-refractivity contribution >= 4 is 0 Å². The molecular formula is C28H36N8. The Kier molecular flexibility index (Phi) is 8.49. The molecule has 0 radical (unpaired) electrons. The molecule has 0 saturated heterocycles. The number of fused-ring (bicyclic) bond motifs is 4. The van der Waals surface area contributed by atoms with Crippen molar-refractivity contribution in [3.05, 3.63) is 96.1 Å². The van der Waals surface area contributed by atoms with Crippen LogP contribution in [0.1, 0.15) is 48.5 Å². The lowest BCUT2D eigenvalue weighted by molar-refractivity contribution is 0.232. The van der Waals surface area contributed by atoms with E-state index < -0.39 is 0 Å². The Bertz CT molecular complexity index is 1080. The first-order chi connectivity index (χ1) is 17.8. The van der Waals surface area contributed by atoms with Crippen LogP contribution in [0.3, 0.4) is 0 Å². The predicted molar refractivity (Wildman–Crippen MR) is 140 cm³/mol. The van der Waals surface area contributed by atoms with Crippen molar-refractivity contribution in [2.45, 2.75) is 65.0 Å². The van der Waals surface area contributed by atoms with Gasteiger partial charge >= 0.3 is 0 Å². The van der Waals surface area contributed by atoms with E-state index in [-0.39, 0.29) is 0 Å². The van der Waals surface area contributed by atoms with Crippen molar-refractivity contribution in [2.24, 2.45) is 0 Å². The molecule has 0 aliphatic carbocycles. The maximum Gasteiger partial charge on any atom is 0.0764 e. The number of pyridine rings is 2. The molecular weight excluding hydrogens is 448 g/mol. The fourth-order valence-electron chi connectivity index (χ4n) is 4.78. The summed E-state index contributed by atoms with van der Waals surface area (Å²) in [6.45, 7) is 7.09. The van der Waals surface area contributed by atoms with Gasteiger partial charge < -0.3 is 0 Å². The van der Waals surface area contributed by atoms with Crippen LogP contribution in [0, 0.1) is 0 Å². The first-order valence-electron chi connectivity index (χ1n) is 13.1. The van der Waals surface area contributed by atoms with Gasteiger partial charge in [-0.15, -0.1) is 0 Å². The normalized spacial score (nSPS) is 16.9. The molecule has 4 bridgehead atoms. The second kappa shape index (κ2) is 12.6. The third kappa shape index (κ3) is 7.32. The third-order valence-corrected chi connectivity index (χ3v) is 6.64. The SMILES string of the molecule is c1ccc(CN2CCCCCCN(Cc3ccccn3)Cc3ccn(n3)CCn3ccc(n3)C2)nc1. The van der Waals surface area contributed by atoms with Gasteiger partial charge in [0.15, 0.2) is 0 Å². The maximum absolute atomic E-state index is 4.85. The second-order valence-electron chi connectivity index (χ2n) is 9.62. The molecule has 8 nitrogen and oxygen atoms in total. The topological polar surface area (TPSA) is 67.9 Å². The Labute approximate surface area is 213 Å². The average Bonchev–Trinajstić information content (AvgIpc) is 3.54. The van der Waals surface area contributed by atoms with Crippen LogP contribution in [0.15, 0.2) is 73.3 Å². The lowest BCUT2D eigenvalue weighted by Crippen LogP contribution is -2.26. The Balaban J connectivity index is 1.28. The van der Waals surface area contributed by atoms with Gasteiger partial charge in [0.25, 0.3) is 0 Å². The van der Waals surface area contributed by atoms with E-state index in [9.17, 15) is 0 Å². The minimum absolute atomic E-state index is 0.805. The van der Waals surface area contributed by atoms with Gasteiger partial charge in [0.2, 0.25) is 0 Å². The highest BCUT2D eigenvalue weighted by Gasteiger charge is 2.13. The van der Waals surface area contributed by atoms with E-state index in [0.29, 0.717) is 0 Å². The quantitative estimate of drug-likeness (QED) is 0.434. The number of hydrogen-bond donors (Lipinski definition) is 0. The summed E-state index contributed by atoms with van der Waals surface area (Å²) >= 11 is 0. The summed E-state index contributed by atoms with van der Waals surface area (Å²) in [5, 5.41) is 9.69. The Morgan fingerprint density at radius 2 is 1.06 bits per heavy atom. The summed E-state index contributed by atoms with van der Waals surface area (Å²) in [6.07, 6.45) is 12.7. The number of rotatable bonds is 4. The summed E-state index contributed by atoms with van der Waals surface area (Å²) in [5.41, 5.74) is 4.44. The summed E-state index contributed by atoms with van der Waals surface area (Å²) in [6, 6.07) is 16.6. The molecule has 0 spiro atoms. The Hall–Kier alpha value is -3.36. The van der Waals surface area contributed by atoms with Crippen molar-refractivity contribution in [3.8, 4) is 0 Å². The third-order valence-electron chi connectivity index (χ3n) is 6.64. The van der Waals surface area contributed by atoms with Crippen molar-refractivity contribution in [3.63, 3.8) is 0 Å². The molecule has 188 valence electrons. The van der Waals surface area contributed by atoms with Crippen LogP contribution < -0.4 is 0 Å². The van der Waals surface area contributed by atoms with Crippen molar-refractivity contribution in [2.75, 3.05) is 13.1 Å². The van der Waals surface area contributed by atoms with Crippen LogP contribution in [-0.4, -0.2) is 52.4 Å². The molecule has 0 aromatic carbocycles. The molecule has 0 atom stereocenters. The average molecular weight is 485 g/mol. The van der Waals surface area contributed by atoms with E-state index in [1.165, 1.54) is 25.7 Å². The summed E-state index contributed by atoms with van der Waals surface area (Å²) < 4.78 is 4.07. The summed E-state index contributed by atoms with van der Waals surface area (Å²) in [7, 11) is 0. The molecule has 1 aliphatic rings. The monoisotopic (exact) mass is 484 g/mol. The van der Waals surface area contributed by atoms with Gasteiger partial charge in [-0.2, -0.15) is 10.2 Å². The van der Waals surface area contributed by atoms with Gasteiger partial charge in [0.05, 0.1) is 35.9 Å². The highest BCUT2D eigenvalue weighted by molar-refractivity contribution is 5.06. The summed E-state index contributed by atoms with van der Waals surface area (Å²) in [4.78, 5) is 14.1.